The summed E-state index contributed by atoms with van der Waals surface area (Å²) in [7, 11) is 0. The van der Waals surface area contributed by atoms with Gasteiger partial charge in [0.25, 0.3) is 0 Å². The molecule has 1 N–H and O–H groups in total. The Hall–Kier alpha value is -2.48. The van der Waals surface area contributed by atoms with Gasteiger partial charge in [0.05, 0.1) is 0 Å². The Morgan fingerprint density at radius 1 is 1.21 bits per heavy atom. The minimum atomic E-state index is -0.342. The van der Waals surface area contributed by atoms with Crippen LogP contribution < -0.4 is 10.1 Å². The molecule has 0 fully saturated rings. The molecule has 1 atom stereocenters. The van der Waals surface area contributed by atoms with Crippen LogP contribution in [0.15, 0.2) is 58.9 Å². The number of rotatable bonds is 7. The SMILES string of the molecule is CCCSc1nc2n(n1)C(c1cccc(OCc3ccc(Cl)cc3Cl)c1)C1=C(CCCC1=O)N2. The Balaban J connectivity index is 1.48. The zero-order chi connectivity index (χ0) is 23.7. The number of ketones is 1. The van der Waals surface area contributed by atoms with Crippen molar-refractivity contribution in [2.75, 3.05) is 11.1 Å². The van der Waals surface area contributed by atoms with Crippen molar-refractivity contribution in [1.82, 2.24) is 14.8 Å². The van der Waals surface area contributed by atoms with Gasteiger partial charge < -0.3 is 10.1 Å². The third-order valence-electron chi connectivity index (χ3n) is 5.87. The first-order chi connectivity index (χ1) is 16.5. The maximum Gasteiger partial charge on any atom is 0.227 e. The molecule has 2 aromatic carbocycles. The molecule has 34 heavy (non-hydrogen) atoms. The van der Waals surface area contributed by atoms with E-state index in [4.69, 9.17) is 38.0 Å². The number of carbonyl (C=O) groups excluding carboxylic acids is 1. The number of nitrogens with one attached hydrogen (secondary N) is 1. The van der Waals surface area contributed by atoms with Crippen molar-refractivity contribution >= 4 is 46.7 Å². The van der Waals surface area contributed by atoms with Crippen LogP contribution in [0.2, 0.25) is 10.0 Å². The van der Waals surface area contributed by atoms with Gasteiger partial charge in [0.2, 0.25) is 11.1 Å². The molecule has 2 aliphatic rings. The summed E-state index contributed by atoms with van der Waals surface area (Å²) in [5.74, 6) is 2.46. The average molecular weight is 515 g/mol. The van der Waals surface area contributed by atoms with E-state index in [0.29, 0.717) is 39.9 Å². The van der Waals surface area contributed by atoms with Gasteiger partial charge in [-0.15, -0.1) is 5.10 Å². The lowest BCUT2D eigenvalue weighted by molar-refractivity contribution is -0.116. The zero-order valence-corrected chi connectivity index (χ0v) is 21.0. The number of allylic oxidation sites excluding steroid dienone is 2. The summed E-state index contributed by atoms with van der Waals surface area (Å²) in [4.78, 5) is 17.7. The van der Waals surface area contributed by atoms with Crippen molar-refractivity contribution < 1.29 is 9.53 Å². The number of benzene rings is 2. The summed E-state index contributed by atoms with van der Waals surface area (Å²) in [5.41, 5.74) is 3.50. The number of aromatic nitrogens is 3. The molecule has 1 aromatic heterocycles. The number of Topliss-reactive ketones (excluding diaryl/α,β-unsaturated/α-hetero) is 1. The Morgan fingerprint density at radius 2 is 2.09 bits per heavy atom. The zero-order valence-electron chi connectivity index (χ0n) is 18.7. The molecular weight excluding hydrogens is 491 g/mol. The average Bonchev–Trinajstić information content (AvgIpc) is 3.23. The van der Waals surface area contributed by atoms with E-state index in [0.717, 1.165) is 47.4 Å². The van der Waals surface area contributed by atoms with Crippen LogP contribution in [0.1, 0.15) is 49.8 Å². The molecule has 1 unspecified atom stereocenters. The second kappa shape index (κ2) is 10.0. The smallest absolute Gasteiger partial charge is 0.227 e. The Kier molecular flexibility index (Phi) is 6.86. The van der Waals surface area contributed by atoms with Gasteiger partial charge in [-0.1, -0.05) is 60.1 Å². The highest BCUT2D eigenvalue weighted by atomic mass is 35.5. The van der Waals surface area contributed by atoms with Crippen LogP contribution >= 0.6 is 35.0 Å². The first-order valence-corrected chi connectivity index (χ1v) is 13.1. The van der Waals surface area contributed by atoms with Gasteiger partial charge in [-0.25, -0.2) is 4.68 Å². The van der Waals surface area contributed by atoms with Crippen LogP contribution in [0.25, 0.3) is 0 Å². The lowest BCUT2D eigenvalue weighted by atomic mass is 9.85. The third-order valence-corrected chi connectivity index (χ3v) is 7.50. The topological polar surface area (TPSA) is 69.0 Å². The number of hydrogen-bond donors (Lipinski definition) is 1. The minimum Gasteiger partial charge on any atom is -0.489 e. The summed E-state index contributed by atoms with van der Waals surface area (Å²) >= 11 is 13.9. The summed E-state index contributed by atoms with van der Waals surface area (Å²) in [5, 5.41) is 10.0. The van der Waals surface area contributed by atoms with Crippen molar-refractivity contribution in [2.45, 2.75) is 50.4 Å². The van der Waals surface area contributed by atoms with E-state index >= 15 is 0 Å². The van der Waals surface area contributed by atoms with Crippen molar-refractivity contribution in [2.24, 2.45) is 0 Å². The van der Waals surface area contributed by atoms with Crippen molar-refractivity contribution in [3.05, 3.63) is 74.9 Å². The van der Waals surface area contributed by atoms with Crippen LogP contribution in [-0.4, -0.2) is 26.3 Å². The van der Waals surface area contributed by atoms with Gasteiger partial charge in [0, 0.05) is 39.1 Å². The van der Waals surface area contributed by atoms with Gasteiger partial charge in [-0.3, -0.25) is 4.79 Å². The first kappa shape index (κ1) is 23.3. The van der Waals surface area contributed by atoms with Crippen LogP contribution in [0.5, 0.6) is 5.75 Å². The Morgan fingerprint density at radius 3 is 2.91 bits per heavy atom. The largest absolute Gasteiger partial charge is 0.489 e. The van der Waals surface area contributed by atoms with E-state index in [-0.39, 0.29) is 11.8 Å². The first-order valence-electron chi connectivity index (χ1n) is 11.3. The number of nitrogens with zero attached hydrogens (tertiary/aromatic N) is 3. The molecule has 176 valence electrons. The van der Waals surface area contributed by atoms with E-state index in [1.54, 1.807) is 23.9 Å². The van der Waals surface area contributed by atoms with Crippen molar-refractivity contribution in [3.8, 4) is 5.75 Å². The second-order valence-electron chi connectivity index (χ2n) is 8.30. The number of halogens is 2. The molecule has 0 radical (unpaired) electrons. The summed E-state index contributed by atoms with van der Waals surface area (Å²) in [6.07, 6.45) is 3.25. The van der Waals surface area contributed by atoms with Gasteiger partial charge in [-0.05, 0) is 49.1 Å². The van der Waals surface area contributed by atoms with E-state index < -0.39 is 0 Å². The number of fused-ring (bicyclic) bond motifs is 1. The summed E-state index contributed by atoms with van der Waals surface area (Å²) in [6.45, 7) is 2.44. The van der Waals surface area contributed by atoms with E-state index in [1.807, 2.05) is 35.0 Å². The molecule has 6 nitrogen and oxygen atoms in total. The Bertz CT molecular complexity index is 1270. The van der Waals surface area contributed by atoms with E-state index in [1.165, 1.54) is 0 Å². The fraction of sp³-hybridized carbons (Fsp3) is 0.320. The van der Waals surface area contributed by atoms with Crippen LogP contribution in [0.4, 0.5) is 5.95 Å². The summed E-state index contributed by atoms with van der Waals surface area (Å²) in [6, 6.07) is 12.8. The molecule has 1 aliphatic carbocycles. The van der Waals surface area contributed by atoms with E-state index in [9.17, 15) is 4.79 Å². The number of thioether (sulfide) groups is 1. The molecule has 0 saturated carbocycles. The molecule has 1 aliphatic heterocycles. The van der Waals surface area contributed by atoms with Gasteiger partial charge in [0.1, 0.15) is 18.4 Å². The molecule has 2 heterocycles. The maximum absolute atomic E-state index is 13.0. The second-order valence-corrected chi connectivity index (χ2v) is 10.2. The predicted octanol–water partition coefficient (Wildman–Crippen LogP) is 6.69. The highest BCUT2D eigenvalue weighted by molar-refractivity contribution is 7.99. The lowest BCUT2D eigenvalue weighted by Gasteiger charge is -2.32. The molecule has 0 spiro atoms. The molecule has 0 saturated heterocycles. The van der Waals surface area contributed by atoms with Crippen LogP contribution in [-0.2, 0) is 11.4 Å². The van der Waals surface area contributed by atoms with E-state index in [2.05, 4.69) is 12.2 Å². The normalized spacial score (nSPS) is 17.3. The summed E-state index contributed by atoms with van der Waals surface area (Å²) < 4.78 is 7.90. The van der Waals surface area contributed by atoms with Crippen molar-refractivity contribution in [3.63, 3.8) is 0 Å². The lowest BCUT2D eigenvalue weighted by Crippen LogP contribution is -2.31. The number of hydrogen-bond acceptors (Lipinski definition) is 6. The van der Waals surface area contributed by atoms with Gasteiger partial charge in [-0.2, -0.15) is 4.98 Å². The van der Waals surface area contributed by atoms with Gasteiger partial charge >= 0.3 is 0 Å². The molecule has 3 aromatic rings. The fourth-order valence-electron chi connectivity index (χ4n) is 4.27. The quantitative estimate of drug-likeness (QED) is 0.354. The number of anilines is 1. The van der Waals surface area contributed by atoms with Crippen LogP contribution in [0, 0.1) is 0 Å². The number of carbonyl (C=O) groups is 1. The molecule has 5 rings (SSSR count). The van der Waals surface area contributed by atoms with Gasteiger partial charge in [0.15, 0.2) is 5.78 Å². The monoisotopic (exact) mass is 514 g/mol. The molecular formula is C25H24Cl2N4O2S. The minimum absolute atomic E-state index is 0.155. The standard InChI is InChI=1S/C25H24Cl2N4O2S/c1-2-11-34-25-29-24-28-20-7-4-8-21(32)22(20)23(31(24)30-25)15-5-3-6-18(12-15)33-14-16-9-10-17(26)13-19(16)27/h3,5-6,9-10,12-13,23H,2,4,7-8,11,14H2,1H3,(H,28,29,30). The fourth-order valence-corrected chi connectivity index (χ4v) is 5.42. The highest BCUT2D eigenvalue weighted by Gasteiger charge is 2.37. The molecule has 0 amide bonds. The van der Waals surface area contributed by atoms with Crippen molar-refractivity contribution in [1.29, 1.82) is 0 Å². The van der Waals surface area contributed by atoms with Crippen LogP contribution in [0.3, 0.4) is 0 Å². The Labute approximate surface area is 212 Å². The molecule has 0 bridgehead atoms. The third kappa shape index (κ3) is 4.69. The maximum atomic E-state index is 13.0. The highest BCUT2D eigenvalue weighted by Crippen LogP contribution is 2.41. The number of ether oxygens (including phenoxy) is 1. The molecule has 9 heteroatoms. The predicted molar refractivity (Wildman–Crippen MR) is 136 cm³/mol.